The number of benzene rings is 1. The van der Waals surface area contributed by atoms with Crippen molar-refractivity contribution in [3.8, 4) is 0 Å². The van der Waals surface area contributed by atoms with E-state index in [2.05, 4.69) is 11.8 Å². The van der Waals surface area contributed by atoms with Crippen molar-refractivity contribution in [2.45, 2.75) is 19.4 Å². The summed E-state index contributed by atoms with van der Waals surface area (Å²) in [6, 6.07) is 7.85. The average molecular weight is 225 g/mol. The summed E-state index contributed by atoms with van der Waals surface area (Å²) in [4.78, 5) is 2.11. The molecule has 0 radical (unpaired) electrons. The van der Waals surface area contributed by atoms with Gasteiger partial charge in [-0.15, -0.1) is 0 Å². The Morgan fingerprint density at radius 3 is 2.67 bits per heavy atom. The molecule has 0 aliphatic rings. The molecule has 0 saturated carbocycles. The maximum absolute atomic E-state index is 7.96. The van der Waals surface area contributed by atoms with Gasteiger partial charge in [0.25, 0.3) is 0 Å². The number of nitrogens with one attached hydrogen (secondary N) is 1. The standard InChI is InChI=1S/C12H17ClN2/c1-9(15(2)3)7-12(14)10-5-4-6-11(13)8-10/h4-6,8-9,14H,7H2,1-3H3. The van der Waals surface area contributed by atoms with Crippen molar-refractivity contribution in [1.82, 2.24) is 4.90 Å². The second-order valence-electron chi connectivity index (χ2n) is 4.01. The van der Waals surface area contributed by atoms with E-state index >= 15 is 0 Å². The first-order valence-electron chi connectivity index (χ1n) is 5.00. The summed E-state index contributed by atoms with van der Waals surface area (Å²) >= 11 is 5.88. The number of hydrogen-bond donors (Lipinski definition) is 1. The van der Waals surface area contributed by atoms with Crippen LogP contribution in [0.15, 0.2) is 24.3 Å². The van der Waals surface area contributed by atoms with Gasteiger partial charge in [-0.1, -0.05) is 23.7 Å². The lowest BCUT2D eigenvalue weighted by atomic mass is 10.0. The molecule has 82 valence electrons. The van der Waals surface area contributed by atoms with Crippen molar-refractivity contribution in [2.75, 3.05) is 14.1 Å². The fraction of sp³-hybridized carbons (Fsp3) is 0.417. The van der Waals surface area contributed by atoms with Gasteiger partial charge >= 0.3 is 0 Å². The summed E-state index contributed by atoms with van der Waals surface area (Å²) in [5.74, 6) is 0. The molecule has 1 unspecified atom stereocenters. The van der Waals surface area contributed by atoms with Crippen LogP contribution in [-0.2, 0) is 0 Å². The molecule has 0 bridgehead atoms. The minimum atomic E-state index is 0.372. The van der Waals surface area contributed by atoms with Crippen molar-refractivity contribution >= 4 is 17.3 Å². The van der Waals surface area contributed by atoms with Gasteiger partial charge in [-0.3, -0.25) is 0 Å². The van der Waals surface area contributed by atoms with Crippen molar-refractivity contribution in [1.29, 1.82) is 5.41 Å². The van der Waals surface area contributed by atoms with E-state index in [1.807, 2.05) is 38.4 Å². The van der Waals surface area contributed by atoms with Crippen LogP contribution < -0.4 is 0 Å². The van der Waals surface area contributed by atoms with Gasteiger partial charge in [0.05, 0.1) is 0 Å². The van der Waals surface area contributed by atoms with E-state index in [0.717, 1.165) is 12.0 Å². The molecule has 1 atom stereocenters. The molecule has 0 heterocycles. The Hall–Kier alpha value is -0.860. The van der Waals surface area contributed by atoms with Gasteiger partial charge in [-0.05, 0) is 38.7 Å². The minimum absolute atomic E-state index is 0.372. The molecule has 0 amide bonds. The van der Waals surface area contributed by atoms with Crippen LogP contribution in [0, 0.1) is 5.41 Å². The minimum Gasteiger partial charge on any atom is -0.306 e. The van der Waals surface area contributed by atoms with E-state index in [1.165, 1.54) is 0 Å². The summed E-state index contributed by atoms with van der Waals surface area (Å²) in [6.07, 6.45) is 0.743. The summed E-state index contributed by atoms with van der Waals surface area (Å²) in [5, 5.41) is 8.65. The van der Waals surface area contributed by atoms with Crippen LogP contribution in [0.5, 0.6) is 0 Å². The zero-order chi connectivity index (χ0) is 11.4. The molecule has 0 fully saturated rings. The normalized spacial score (nSPS) is 12.9. The molecule has 2 nitrogen and oxygen atoms in total. The topological polar surface area (TPSA) is 27.1 Å². The number of rotatable bonds is 4. The van der Waals surface area contributed by atoms with Crippen LogP contribution in [0.25, 0.3) is 0 Å². The lowest BCUT2D eigenvalue weighted by Gasteiger charge is -2.19. The van der Waals surface area contributed by atoms with E-state index in [0.29, 0.717) is 16.8 Å². The molecule has 0 spiro atoms. The second-order valence-corrected chi connectivity index (χ2v) is 4.44. The Balaban J connectivity index is 2.69. The molecular weight excluding hydrogens is 208 g/mol. The summed E-state index contributed by atoms with van der Waals surface area (Å²) in [6.45, 7) is 2.11. The van der Waals surface area contributed by atoms with Crippen molar-refractivity contribution in [2.24, 2.45) is 0 Å². The van der Waals surface area contributed by atoms with Crippen molar-refractivity contribution in [3.05, 3.63) is 34.9 Å². The van der Waals surface area contributed by atoms with Gasteiger partial charge in [0, 0.05) is 23.2 Å². The molecule has 1 rings (SSSR count). The molecule has 0 aliphatic carbocycles. The molecule has 0 aliphatic heterocycles. The van der Waals surface area contributed by atoms with Gasteiger partial charge in [0.15, 0.2) is 0 Å². The Labute approximate surface area is 96.4 Å². The highest BCUT2D eigenvalue weighted by atomic mass is 35.5. The van der Waals surface area contributed by atoms with Crippen LogP contribution >= 0.6 is 11.6 Å². The lowest BCUT2D eigenvalue weighted by molar-refractivity contribution is 0.321. The number of halogens is 1. The first-order chi connectivity index (χ1) is 7.00. The van der Waals surface area contributed by atoms with E-state index in [1.54, 1.807) is 0 Å². The fourth-order valence-electron chi connectivity index (χ4n) is 1.27. The fourth-order valence-corrected chi connectivity index (χ4v) is 1.46. The zero-order valence-electron chi connectivity index (χ0n) is 9.42. The summed E-state index contributed by atoms with van der Waals surface area (Å²) < 4.78 is 0. The summed E-state index contributed by atoms with van der Waals surface area (Å²) in [5.41, 5.74) is 1.55. The van der Waals surface area contributed by atoms with Crippen LogP contribution in [0.2, 0.25) is 5.02 Å². The van der Waals surface area contributed by atoms with Crippen LogP contribution in [0.1, 0.15) is 18.9 Å². The van der Waals surface area contributed by atoms with Crippen LogP contribution in [0.4, 0.5) is 0 Å². The van der Waals surface area contributed by atoms with E-state index in [9.17, 15) is 0 Å². The van der Waals surface area contributed by atoms with Gasteiger partial charge in [0.2, 0.25) is 0 Å². The predicted octanol–water partition coefficient (Wildman–Crippen LogP) is 3.05. The molecule has 0 saturated heterocycles. The van der Waals surface area contributed by atoms with Crippen LogP contribution in [0.3, 0.4) is 0 Å². The molecule has 0 aromatic heterocycles. The molecular formula is C12H17ClN2. The Kier molecular flexibility index (Phi) is 4.30. The lowest BCUT2D eigenvalue weighted by Crippen LogP contribution is -2.27. The predicted molar refractivity (Wildman–Crippen MR) is 66.0 cm³/mol. The monoisotopic (exact) mass is 224 g/mol. The smallest absolute Gasteiger partial charge is 0.0412 e. The maximum atomic E-state index is 7.96. The SMILES string of the molecule is CC(CC(=N)c1cccc(Cl)c1)N(C)C. The van der Waals surface area contributed by atoms with E-state index in [4.69, 9.17) is 17.0 Å². The van der Waals surface area contributed by atoms with Crippen LogP contribution in [-0.4, -0.2) is 30.7 Å². The van der Waals surface area contributed by atoms with E-state index in [-0.39, 0.29) is 0 Å². The first kappa shape index (κ1) is 12.2. The largest absolute Gasteiger partial charge is 0.306 e. The average Bonchev–Trinajstić information content (AvgIpc) is 2.17. The third kappa shape index (κ3) is 3.65. The van der Waals surface area contributed by atoms with Gasteiger partial charge in [-0.25, -0.2) is 0 Å². The molecule has 1 aromatic carbocycles. The Morgan fingerprint density at radius 1 is 1.47 bits per heavy atom. The highest BCUT2D eigenvalue weighted by molar-refractivity contribution is 6.31. The quantitative estimate of drug-likeness (QED) is 0.782. The first-order valence-corrected chi connectivity index (χ1v) is 5.38. The maximum Gasteiger partial charge on any atom is 0.0412 e. The molecule has 3 heteroatoms. The number of hydrogen-bond acceptors (Lipinski definition) is 2. The Morgan fingerprint density at radius 2 is 2.13 bits per heavy atom. The zero-order valence-corrected chi connectivity index (χ0v) is 10.2. The van der Waals surface area contributed by atoms with Crippen molar-refractivity contribution in [3.63, 3.8) is 0 Å². The second kappa shape index (κ2) is 5.29. The molecule has 1 aromatic rings. The highest BCUT2D eigenvalue weighted by Gasteiger charge is 2.09. The third-order valence-corrected chi connectivity index (χ3v) is 2.79. The van der Waals surface area contributed by atoms with E-state index < -0.39 is 0 Å². The number of nitrogens with zero attached hydrogens (tertiary/aromatic N) is 1. The van der Waals surface area contributed by atoms with Gasteiger partial charge < -0.3 is 10.3 Å². The highest BCUT2D eigenvalue weighted by Crippen LogP contribution is 2.13. The Bertz CT molecular complexity index is 347. The third-order valence-electron chi connectivity index (χ3n) is 2.55. The molecule has 15 heavy (non-hydrogen) atoms. The van der Waals surface area contributed by atoms with Gasteiger partial charge in [0.1, 0.15) is 0 Å². The summed E-state index contributed by atoms with van der Waals surface area (Å²) in [7, 11) is 4.05. The van der Waals surface area contributed by atoms with Gasteiger partial charge in [-0.2, -0.15) is 0 Å². The molecule has 1 N–H and O–H groups in total. The van der Waals surface area contributed by atoms with Crippen molar-refractivity contribution < 1.29 is 0 Å².